The van der Waals surface area contributed by atoms with Gasteiger partial charge < -0.3 is 10.4 Å². The molecular weight excluding hydrogens is 264 g/mol. The lowest BCUT2D eigenvalue weighted by molar-refractivity contribution is 0.0950. The molecule has 106 valence electrons. The maximum Gasteiger partial charge on any atom is 0.253 e. The van der Waals surface area contributed by atoms with Crippen molar-refractivity contribution in [1.29, 1.82) is 0 Å². The monoisotopic (exact) mass is 280 g/mol. The van der Waals surface area contributed by atoms with Crippen LogP contribution in [0.15, 0.2) is 42.6 Å². The van der Waals surface area contributed by atoms with E-state index in [1.807, 2.05) is 31.2 Å². The molecule has 1 amide bonds. The highest BCUT2D eigenvalue weighted by molar-refractivity contribution is 5.95. The molecule has 21 heavy (non-hydrogen) atoms. The zero-order valence-electron chi connectivity index (χ0n) is 11.8. The fourth-order valence-electron chi connectivity index (χ4n) is 1.85. The van der Waals surface area contributed by atoms with Crippen molar-refractivity contribution in [2.45, 2.75) is 13.5 Å². The molecule has 0 fully saturated rings. The maximum absolute atomic E-state index is 12.0. The number of nitrogens with one attached hydrogen (secondary N) is 1. The summed E-state index contributed by atoms with van der Waals surface area (Å²) in [5, 5.41) is 11.5. The molecule has 4 heteroatoms. The number of hydrogen-bond acceptors (Lipinski definition) is 3. The van der Waals surface area contributed by atoms with Crippen molar-refractivity contribution in [1.82, 2.24) is 10.3 Å². The van der Waals surface area contributed by atoms with Gasteiger partial charge in [0.1, 0.15) is 6.61 Å². The Morgan fingerprint density at radius 3 is 2.71 bits per heavy atom. The van der Waals surface area contributed by atoms with E-state index in [9.17, 15) is 4.79 Å². The lowest BCUT2D eigenvalue weighted by Crippen LogP contribution is -2.23. The van der Waals surface area contributed by atoms with Crippen molar-refractivity contribution in [3.63, 3.8) is 0 Å². The second-order valence-electron chi connectivity index (χ2n) is 4.48. The predicted molar refractivity (Wildman–Crippen MR) is 80.6 cm³/mol. The summed E-state index contributed by atoms with van der Waals surface area (Å²) in [5.74, 6) is 5.28. The van der Waals surface area contributed by atoms with Gasteiger partial charge in [-0.05, 0) is 36.8 Å². The number of aryl methyl sites for hydroxylation is 1. The van der Waals surface area contributed by atoms with E-state index in [0.29, 0.717) is 17.8 Å². The number of aromatic nitrogens is 1. The van der Waals surface area contributed by atoms with Crippen LogP contribution >= 0.6 is 0 Å². The molecule has 2 aromatic rings. The van der Waals surface area contributed by atoms with E-state index in [0.717, 1.165) is 11.1 Å². The minimum atomic E-state index is -0.151. The maximum atomic E-state index is 12.0. The molecule has 2 rings (SSSR count). The average molecular weight is 280 g/mol. The Morgan fingerprint density at radius 2 is 2.05 bits per heavy atom. The second-order valence-corrected chi connectivity index (χ2v) is 4.48. The first kappa shape index (κ1) is 14.8. The van der Waals surface area contributed by atoms with Crippen LogP contribution in [0.5, 0.6) is 0 Å². The van der Waals surface area contributed by atoms with E-state index in [2.05, 4.69) is 22.1 Å². The summed E-state index contributed by atoms with van der Waals surface area (Å²) < 4.78 is 0. The number of benzene rings is 1. The molecule has 0 saturated carbocycles. The SMILES string of the molecule is Cc1ncccc1C(=O)NCc1ccc(C#CCO)cc1. The summed E-state index contributed by atoms with van der Waals surface area (Å²) in [7, 11) is 0. The Hall–Kier alpha value is -2.64. The molecule has 0 aliphatic heterocycles. The van der Waals surface area contributed by atoms with Crippen LogP contribution in [-0.4, -0.2) is 22.6 Å². The lowest BCUT2D eigenvalue weighted by atomic mass is 10.1. The largest absolute Gasteiger partial charge is 0.384 e. The van der Waals surface area contributed by atoms with Gasteiger partial charge in [0.05, 0.1) is 5.56 Å². The molecule has 0 radical (unpaired) electrons. The highest BCUT2D eigenvalue weighted by Crippen LogP contribution is 2.06. The zero-order chi connectivity index (χ0) is 15.1. The summed E-state index contributed by atoms with van der Waals surface area (Å²) >= 11 is 0. The number of rotatable bonds is 3. The molecule has 0 saturated heterocycles. The van der Waals surface area contributed by atoms with Crippen LogP contribution in [0.25, 0.3) is 0 Å². The predicted octanol–water partition coefficient (Wildman–Crippen LogP) is 1.66. The third-order valence-electron chi connectivity index (χ3n) is 2.97. The second kappa shape index (κ2) is 7.22. The molecule has 2 N–H and O–H groups in total. The highest BCUT2D eigenvalue weighted by Gasteiger charge is 2.08. The smallest absolute Gasteiger partial charge is 0.253 e. The van der Waals surface area contributed by atoms with E-state index in [-0.39, 0.29) is 12.5 Å². The van der Waals surface area contributed by atoms with Gasteiger partial charge in [-0.15, -0.1) is 0 Å². The summed E-state index contributed by atoms with van der Waals surface area (Å²) in [6.07, 6.45) is 1.66. The van der Waals surface area contributed by atoms with Crippen molar-refractivity contribution in [3.05, 3.63) is 65.0 Å². The third-order valence-corrected chi connectivity index (χ3v) is 2.97. The van der Waals surface area contributed by atoms with E-state index < -0.39 is 0 Å². The van der Waals surface area contributed by atoms with Gasteiger partial charge in [0.15, 0.2) is 0 Å². The van der Waals surface area contributed by atoms with Crippen LogP contribution in [0.2, 0.25) is 0 Å². The van der Waals surface area contributed by atoms with E-state index in [1.165, 1.54) is 0 Å². The van der Waals surface area contributed by atoms with E-state index in [1.54, 1.807) is 18.3 Å². The van der Waals surface area contributed by atoms with Crippen molar-refractivity contribution in [3.8, 4) is 11.8 Å². The number of hydrogen-bond donors (Lipinski definition) is 2. The van der Waals surface area contributed by atoms with Gasteiger partial charge in [0.2, 0.25) is 0 Å². The van der Waals surface area contributed by atoms with Crippen LogP contribution in [0.1, 0.15) is 27.2 Å². The Kier molecular flexibility index (Phi) is 5.08. The Bertz CT molecular complexity index is 682. The summed E-state index contributed by atoms with van der Waals surface area (Å²) in [5.41, 5.74) is 3.12. The fraction of sp³-hybridized carbons (Fsp3) is 0.176. The molecule has 0 atom stereocenters. The Morgan fingerprint density at radius 1 is 1.29 bits per heavy atom. The summed E-state index contributed by atoms with van der Waals surface area (Å²) in [6, 6.07) is 11.0. The van der Waals surface area contributed by atoms with Gasteiger partial charge in [-0.3, -0.25) is 9.78 Å². The number of carbonyl (C=O) groups is 1. The number of pyridine rings is 1. The van der Waals surface area contributed by atoms with E-state index in [4.69, 9.17) is 5.11 Å². The molecule has 1 heterocycles. The van der Waals surface area contributed by atoms with Crippen LogP contribution in [-0.2, 0) is 6.54 Å². The number of aliphatic hydroxyl groups is 1. The Balaban J connectivity index is 1.97. The zero-order valence-corrected chi connectivity index (χ0v) is 11.8. The van der Waals surface area contributed by atoms with Crippen LogP contribution in [0.3, 0.4) is 0 Å². The quantitative estimate of drug-likeness (QED) is 0.841. The molecule has 0 bridgehead atoms. The summed E-state index contributed by atoms with van der Waals surface area (Å²) in [6.45, 7) is 2.10. The van der Waals surface area contributed by atoms with Gasteiger partial charge in [-0.1, -0.05) is 24.0 Å². The first-order valence-electron chi connectivity index (χ1n) is 6.59. The van der Waals surface area contributed by atoms with Crippen LogP contribution < -0.4 is 5.32 Å². The van der Waals surface area contributed by atoms with Gasteiger partial charge in [-0.2, -0.15) is 0 Å². The van der Waals surface area contributed by atoms with Gasteiger partial charge in [-0.25, -0.2) is 0 Å². The summed E-state index contributed by atoms with van der Waals surface area (Å²) in [4.78, 5) is 16.1. The molecular formula is C17H16N2O2. The van der Waals surface area contributed by atoms with Gasteiger partial charge in [0.25, 0.3) is 5.91 Å². The number of carbonyl (C=O) groups excluding carboxylic acids is 1. The van der Waals surface area contributed by atoms with E-state index >= 15 is 0 Å². The topological polar surface area (TPSA) is 62.2 Å². The van der Waals surface area contributed by atoms with Crippen molar-refractivity contribution < 1.29 is 9.90 Å². The van der Waals surface area contributed by atoms with Gasteiger partial charge in [0, 0.05) is 24.0 Å². The lowest BCUT2D eigenvalue weighted by Gasteiger charge is -2.07. The molecule has 4 nitrogen and oxygen atoms in total. The molecule has 0 aliphatic carbocycles. The number of aliphatic hydroxyl groups excluding tert-OH is 1. The molecule has 0 spiro atoms. The first-order valence-corrected chi connectivity index (χ1v) is 6.59. The fourth-order valence-corrected chi connectivity index (χ4v) is 1.85. The minimum Gasteiger partial charge on any atom is -0.384 e. The molecule has 1 aromatic heterocycles. The highest BCUT2D eigenvalue weighted by atomic mass is 16.2. The molecule has 1 aromatic carbocycles. The first-order chi connectivity index (χ1) is 10.2. The van der Waals surface area contributed by atoms with Crippen LogP contribution in [0, 0.1) is 18.8 Å². The number of nitrogens with zero attached hydrogens (tertiary/aromatic N) is 1. The molecule has 0 aliphatic rings. The third kappa shape index (κ3) is 4.16. The standard InChI is InChI=1S/C17H16N2O2/c1-13-16(5-2-10-18-13)17(21)19-12-15-8-6-14(7-9-15)4-3-11-20/h2,5-10,20H,11-12H2,1H3,(H,19,21). The Labute approximate surface area is 123 Å². The van der Waals surface area contributed by atoms with Crippen molar-refractivity contribution in [2.75, 3.05) is 6.61 Å². The normalized spacial score (nSPS) is 9.62. The molecule has 0 unspecified atom stereocenters. The van der Waals surface area contributed by atoms with Crippen molar-refractivity contribution in [2.24, 2.45) is 0 Å². The minimum absolute atomic E-state index is 0.134. The van der Waals surface area contributed by atoms with Crippen LogP contribution in [0.4, 0.5) is 0 Å². The van der Waals surface area contributed by atoms with Crippen molar-refractivity contribution >= 4 is 5.91 Å². The van der Waals surface area contributed by atoms with Gasteiger partial charge >= 0.3 is 0 Å². The number of amides is 1. The average Bonchev–Trinajstić information content (AvgIpc) is 2.52.